The Morgan fingerprint density at radius 3 is 3.00 bits per heavy atom. The van der Waals surface area contributed by atoms with Gasteiger partial charge in [-0.15, -0.1) is 0 Å². The number of halogens is 1. The first kappa shape index (κ1) is 19.2. The van der Waals surface area contributed by atoms with Crippen molar-refractivity contribution in [1.29, 1.82) is 0 Å². The predicted octanol–water partition coefficient (Wildman–Crippen LogP) is -1.30. The molecule has 0 fully saturated rings. The van der Waals surface area contributed by atoms with Crippen LogP contribution in [0.25, 0.3) is 0 Å². The number of aliphatic carboxylic acids is 1. The number of methoxy groups -OCH3 is 1. The van der Waals surface area contributed by atoms with Crippen molar-refractivity contribution in [2.75, 3.05) is 20.2 Å². The summed E-state index contributed by atoms with van der Waals surface area (Å²) < 4.78 is 11.8. The van der Waals surface area contributed by atoms with Gasteiger partial charge < -0.3 is 36.7 Å². The highest BCUT2D eigenvalue weighted by atomic mass is 79.9. The molecule has 7 heteroatoms. The molecular weight excluding hydrogens is 402 g/mol. The number of nitrogens with zero attached hydrogens (tertiary/aromatic N) is 1. The maximum Gasteiger partial charge on any atom is 0.304 e. The predicted molar refractivity (Wildman–Crippen MR) is 91.0 cm³/mol. The minimum Gasteiger partial charge on any atom is -1.00 e. The summed E-state index contributed by atoms with van der Waals surface area (Å²) in [6.07, 6.45) is 4.89. The van der Waals surface area contributed by atoms with Gasteiger partial charge in [0.2, 0.25) is 0 Å². The molecule has 1 aromatic rings. The monoisotopic (exact) mass is 424 g/mol. The molecule has 142 valence electrons. The Hall–Kier alpha value is -1.57. The number of carboxylic acid groups (broad SMARTS) is 1. The van der Waals surface area contributed by atoms with Crippen LogP contribution in [-0.4, -0.2) is 53.5 Å². The molecule has 26 heavy (non-hydrogen) atoms. The van der Waals surface area contributed by atoms with E-state index in [0.717, 1.165) is 35.6 Å². The zero-order valence-corrected chi connectivity index (χ0v) is 16.2. The third-order valence-corrected chi connectivity index (χ3v) is 5.68. The van der Waals surface area contributed by atoms with E-state index in [2.05, 4.69) is 17.0 Å². The molecule has 0 radical (unpaired) electrons. The number of aliphatic hydroxyl groups is 1. The first-order valence-corrected chi connectivity index (χ1v) is 8.72. The largest absolute Gasteiger partial charge is 1.00 e. The van der Waals surface area contributed by atoms with Crippen LogP contribution in [0, 0.1) is 0 Å². The molecule has 3 aliphatic rings. The lowest BCUT2D eigenvalue weighted by Crippen LogP contribution is -3.00. The van der Waals surface area contributed by atoms with Crippen LogP contribution < -0.4 is 26.5 Å². The molecule has 1 spiro atoms. The zero-order valence-electron chi connectivity index (χ0n) is 14.7. The fourth-order valence-corrected chi connectivity index (χ4v) is 4.44. The highest BCUT2D eigenvalue weighted by Gasteiger charge is 2.52. The molecule has 2 aliphatic heterocycles. The lowest BCUT2D eigenvalue weighted by molar-refractivity contribution is -0.137. The third-order valence-electron chi connectivity index (χ3n) is 5.68. The van der Waals surface area contributed by atoms with Crippen molar-refractivity contribution in [3.05, 3.63) is 35.4 Å². The van der Waals surface area contributed by atoms with E-state index in [0.29, 0.717) is 19.5 Å². The van der Waals surface area contributed by atoms with E-state index in [1.807, 2.05) is 12.1 Å². The molecule has 0 amide bonds. The smallest absolute Gasteiger partial charge is 0.304 e. The van der Waals surface area contributed by atoms with Gasteiger partial charge in [-0.3, -0.25) is 9.69 Å². The quantitative estimate of drug-likeness (QED) is 0.584. The first-order chi connectivity index (χ1) is 12.0. The maximum atomic E-state index is 10.9. The molecule has 6 nitrogen and oxygen atoms in total. The molecule has 2 heterocycles. The molecule has 0 saturated heterocycles. The van der Waals surface area contributed by atoms with Crippen LogP contribution in [0.1, 0.15) is 30.4 Å². The second-order valence-corrected chi connectivity index (χ2v) is 7.11. The van der Waals surface area contributed by atoms with Crippen LogP contribution in [-0.2, 0) is 16.8 Å². The van der Waals surface area contributed by atoms with E-state index in [4.69, 9.17) is 14.6 Å². The Kier molecular flexibility index (Phi) is 5.33. The number of benzene rings is 1. The van der Waals surface area contributed by atoms with Crippen molar-refractivity contribution in [2.45, 2.75) is 43.4 Å². The molecule has 2 N–H and O–H groups in total. The summed E-state index contributed by atoms with van der Waals surface area (Å²) in [4.78, 5) is 13.1. The fourth-order valence-electron chi connectivity index (χ4n) is 4.44. The number of ether oxygens (including phenoxy) is 2. The normalized spacial score (nSPS) is 29.0. The summed E-state index contributed by atoms with van der Waals surface area (Å²) in [5, 5.41) is 19.1. The van der Waals surface area contributed by atoms with Gasteiger partial charge in [-0.05, 0) is 24.6 Å². The number of hydrogen-bond donors (Lipinski definition) is 2. The Morgan fingerprint density at radius 2 is 2.27 bits per heavy atom. The molecule has 4 rings (SSSR count). The summed E-state index contributed by atoms with van der Waals surface area (Å²) in [6, 6.07) is 3.98. The number of carbonyl (C=O) groups is 1. The van der Waals surface area contributed by atoms with E-state index in [1.165, 1.54) is 0 Å². The Bertz CT molecular complexity index is 737. The molecule has 1 aromatic carbocycles. The van der Waals surface area contributed by atoms with Crippen molar-refractivity contribution in [1.82, 2.24) is 4.90 Å². The minimum absolute atomic E-state index is 0. The van der Waals surface area contributed by atoms with Gasteiger partial charge in [0.25, 0.3) is 0 Å². The Morgan fingerprint density at radius 1 is 1.46 bits per heavy atom. The molecule has 3 unspecified atom stereocenters. The van der Waals surface area contributed by atoms with Crippen LogP contribution in [0.15, 0.2) is 24.3 Å². The van der Waals surface area contributed by atoms with Gasteiger partial charge in [0, 0.05) is 25.1 Å². The molecule has 0 aromatic heterocycles. The van der Waals surface area contributed by atoms with Gasteiger partial charge in [-0.25, -0.2) is 0 Å². The average molecular weight is 425 g/mol. The second-order valence-electron chi connectivity index (χ2n) is 7.11. The van der Waals surface area contributed by atoms with E-state index in [-0.39, 0.29) is 34.9 Å². The lowest BCUT2D eigenvalue weighted by Gasteiger charge is -2.35. The van der Waals surface area contributed by atoms with Crippen molar-refractivity contribution < 1.29 is 41.5 Å². The maximum absolute atomic E-state index is 10.9. The summed E-state index contributed by atoms with van der Waals surface area (Å²) >= 11 is 0. The summed E-state index contributed by atoms with van der Waals surface area (Å²) in [7, 11) is 1.64. The summed E-state index contributed by atoms with van der Waals surface area (Å²) in [5.41, 5.74) is 2.04. The van der Waals surface area contributed by atoms with Crippen molar-refractivity contribution in [2.24, 2.45) is 0 Å². The average Bonchev–Trinajstić information content (AvgIpc) is 2.82. The first-order valence-electron chi connectivity index (χ1n) is 8.72. The van der Waals surface area contributed by atoms with Gasteiger partial charge in [0.1, 0.15) is 6.10 Å². The zero-order chi connectivity index (χ0) is 17.6. The number of carboxylic acids is 1. The van der Waals surface area contributed by atoms with E-state index in [9.17, 15) is 9.90 Å². The van der Waals surface area contributed by atoms with Crippen molar-refractivity contribution >= 4 is 5.97 Å². The molecule has 1 aliphatic carbocycles. The second kappa shape index (κ2) is 7.21. The van der Waals surface area contributed by atoms with Crippen LogP contribution in [0.4, 0.5) is 0 Å². The summed E-state index contributed by atoms with van der Waals surface area (Å²) in [6.45, 7) is 2.03. The van der Waals surface area contributed by atoms with Gasteiger partial charge in [-0.1, -0.05) is 18.2 Å². The topological polar surface area (TPSA) is 79.2 Å². The highest BCUT2D eigenvalue weighted by Crippen LogP contribution is 2.55. The van der Waals surface area contributed by atoms with Crippen LogP contribution in [0.2, 0.25) is 0 Å². The van der Waals surface area contributed by atoms with Gasteiger partial charge in [-0.2, -0.15) is 0 Å². The number of aliphatic hydroxyl groups excluding tert-OH is 1. The van der Waals surface area contributed by atoms with E-state index < -0.39 is 12.1 Å². The van der Waals surface area contributed by atoms with E-state index >= 15 is 0 Å². The lowest BCUT2D eigenvalue weighted by atomic mass is 9.69. The van der Waals surface area contributed by atoms with Gasteiger partial charge in [0.15, 0.2) is 11.5 Å². The van der Waals surface area contributed by atoms with E-state index in [1.54, 1.807) is 7.11 Å². The standard InChI is InChI=1S/C19H23NO5.BrH/c1-24-14-3-2-12-11-20(8-5-16(22)23)9-7-19-6-4-13(21)10-15(19)25-18(14)17(12)19;/h2-4,6,13,15,21H,5,7-11H2,1H3,(H,22,23);1H/p-1. The molecule has 0 bridgehead atoms. The van der Waals surface area contributed by atoms with Crippen LogP contribution in [0.5, 0.6) is 11.5 Å². The highest BCUT2D eigenvalue weighted by molar-refractivity contribution is 5.67. The van der Waals surface area contributed by atoms with Crippen LogP contribution in [0.3, 0.4) is 0 Å². The Labute approximate surface area is 163 Å². The van der Waals surface area contributed by atoms with Gasteiger partial charge in [0.05, 0.1) is 25.0 Å². The molecular formula is C19H23BrNO5-. The summed E-state index contributed by atoms with van der Waals surface area (Å²) in [5.74, 6) is 0.724. The number of rotatable bonds is 4. The van der Waals surface area contributed by atoms with Crippen molar-refractivity contribution in [3.63, 3.8) is 0 Å². The van der Waals surface area contributed by atoms with Crippen molar-refractivity contribution in [3.8, 4) is 11.5 Å². The molecule has 0 saturated carbocycles. The van der Waals surface area contributed by atoms with Gasteiger partial charge >= 0.3 is 5.97 Å². The molecule has 3 atom stereocenters. The SMILES string of the molecule is COc1ccc2c3c1OC1CC(O)C=CC31CCN(CCC(=O)O)C2.[Br-]. The Balaban J connectivity index is 0.00000196. The fraction of sp³-hybridized carbons (Fsp3) is 0.526. The third kappa shape index (κ3) is 3.02. The van der Waals surface area contributed by atoms with Crippen LogP contribution >= 0.6 is 0 Å². The number of hydrogen-bond acceptors (Lipinski definition) is 5. The minimum atomic E-state index is -0.774.